The second-order valence-electron chi connectivity index (χ2n) is 10.2. The van der Waals surface area contributed by atoms with Crippen LogP contribution in [0.5, 0.6) is 5.88 Å². The fraction of sp³-hybridized carbons (Fsp3) is 0.423. The second-order valence-corrected chi connectivity index (χ2v) is 10.2. The highest BCUT2D eigenvalue weighted by molar-refractivity contribution is 6.17. The Balaban J connectivity index is 1.13. The molecule has 11 nitrogen and oxygen atoms in total. The number of benzene rings is 1. The normalized spacial score (nSPS) is 24.9. The van der Waals surface area contributed by atoms with E-state index in [1.807, 2.05) is 18.7 Å². The van der Waals surface area contributed by atoms with Crippen molar-refractivity contribution in [2.45, 2.75) is 50.4 Å². The third-order valence-corrected chi connectivity index (χ3v) is 6.81. The van der Waals surface area contributed by atoms with Gasteiger partial charge in [-0.2, -0.15) is 18.2 Å². The number of ether oxygens (including phenoxy) is 3. The molecule has 1 aromatic carbocycles. The summed E-state index contributed by atoms with van der Waals surface area (Å²) < 4.78 is 56.5. The Hall–Kier alpha value is -4.04. The van der Waals surface area contributed by atoms with E-state index >= 15 is 0 Å². The van der Waals surface area contributed by atoms with Crippen molar-refractivity contribution in [1.29, 1.82) is 0 Å². The molecular weight excluding hydrogens is 531 g/mol. The topological polar surface area (TPSA) is 123 Å². The van der Waals surface area contributed by atoms with Crippen LogP contribution in [0.15, 0.2) is 58.5 Å². The van der Waals surface area contributed by atoms with Crippen LogP contribution in [0.1, 0.15) is 31.4 Å². The first-order chi connectivity index (χ1) is 19.0. The van der Waals surface area contributed by atoms with Gasteiger partial charge >= 0.3 is 6.18 Å². The Kier molecular flexibility index (Phi) is 6.45. The summed E-state index contributed by atoms with van der Waals surface area (Å²) in [5.74, 6) is 0.219. The van der Waals surface area contributed by atoms with E-state index in [4.69, 9.17) is 14.2 Å². The lowest BCUT2D eigenvalue weighted by molar-refractivity contribution is -0.141. The summed E-state index contributed by atoms with van der Waals surface area (Å²) in [6.45, 7) is 4.78. The van der Waals surface area contributed by atoms with Gasteiger partial charge < -0.3 is 29.7 Å². The molecule has 4 aliphatic heterocycles. The number of aliphatic imine (C=N–C) groups is 2. The predicted molar refractivity (Wildman–Crippen MR) is 137 cm³/mol. The SMILES string of the molecule is CC1(C)OC[C@@H](COc2cncc(NC(=O)C3C[C@H]4CN3C3=CN=C(c5cccc(C(F)(F)F)c5)NC3=N4)n2)O1. The molecule has 2 aromatic rings. The quantitative estimate of drug-likeness (QED) is 0.556. The molecule has 0 radical (unpaired) electrons. The molecule has 1 aromatic heterocycles. The van der Waals surface area contributed by atoms with Gasteiger partial charge in [-0.3, -0.25) is 14.8 Å². The number of amides is 1. The number of hydrogen-bond donors (Lipinski definition) is 2. The summed E-state index contributed by atoms with van der Waals surface area (Å²) in [5.41, 5.74) is 0.110. The van der Waals surface area contributed by atoms with Crippen molar-refractivity contribution < 1.29 is 32.2 Å². The third kappa shape index (κ3) is 5.36. The smallest absolute Gasteiger partial charge is 0.416 e. The molecule has 0 aliphatic carbocycles. The molecule has 1 unspecified atom stereocenters. The third-order valence-electron chi connectivity index (χ3n) is 6.81. The summed E-state index contributed by atoms with van der Waals surface area (Å²) in [7, 11) is 0. The Labute approximate surface area is 227 Å². The van der Waals surface area contributed by atoms with Crippen molar-refractivity contribution >= 4 is 23.4 Å². The molecular formula is C26H26F3N7O4. The fourth-order valence-corrected chi connectivity index (χ4v) is 5.01. The van der Waals surface area contributed by atoms with Gasteiger partial charge in [-0.25, -0.2) is 4.99 Å². The van der Waals surface area contributed by atoms with Crippen LogP contribution in [-0.2, 0) is 20.4 Å². The molecule has 2 saturated heterocycles. The molecule has 6 rings (SSSR count). The number of anilines is 1. The first-order valence-corrected chi connectivity index (χ1v) is 12.7. The fourth-order valence-electron chi connectivity index (χ4n) is 5.01. The summed E-state index contributed by atoms with van der Waals surface area (Å²) in [6, 6.07) is 4.19. The lowest BCUT2D eigenvalue weighted by atomic mass is 10.1. The van der Waals surface area contributed by atoms with E-state index < -0.39 is 23.6 Å². The number of nitrogens with one attached hydrogen (secondary N) is 2. The van der Waals surface area contributed by atoms with E-state index in [1.165, 1.54) is 24.7 Å². The van der Waals surface area contributed by atoms with Gasteiger partial charge in [-0.1, -0.05) is 12.1 Å². The standard InChI is InChI=1S/C26H26F3N7O4/c1-25(2)39-13-17(40-25)12-38-21-10-30-9-20(33-21)34-24(37)18-7-16-11-36(18)19-8-31-22(35-23(19)32-16)14-4-3-5-15(6-14)26(27,28)29/h3-6,8-10,16-18H,7,11-13H2,1-2H3,(H,31,32,35)(H,33,34,37)/t16-,17+,18?/m0/s1. The van der Waals surface area contributed by atoms with Gasteiger partial charge in [0.1, 0.15) is 24.6 Å². The molecule has 3 atom stereocenters. The number of halogens is 3. The highest BCUT2D eigenvalue weighted by Crippen LogP contribution is 2.33. The number of amidine groups is 2. The van der Waals surface area contributed by atoms with Gasteiger partial charge in [0.25, 0.3) is 0 Å². The number of hydrogen-bond acceptors (Lipinski definition) is 10. The number of carbonyl (C=O) groups excluding carboxylic acids is 1. The highest BCUT2D eigenvalue weighted by Gasteiger charge is 2.43. The minimum atomic E-state index is -4.47. The van der Waals surface area contributed by atoms with Crippen molar-refractivity contribution in [3.8, 4) is 5.88 Å². The second kappa shape index (κ2) is 9.86. The number of carbonyl (C=O) groups is 1. The Morgan fingerprint density at radius 3 is 2.90 bits per heavy atom. The molecule has 1 amide bonds. The molecule has 4 aliphatic rings. The summed E-state index contributed by atoms with van der Waals surface area (Å²) in [4.78, 5) is 32.6. The monoisotopic (exact) mass is 557 g/mol. The average Bonchev–Trinajstić information content (AvgIpc) is 3.45. The predicted octanol–water partition coefficient (Wildman–Crippen LogP) is 2.71. The lowest BCUT2D eigenvalue weighted by Gasteiger charge is -2.32. The Bertz CT molecular complexity index is 1430. The van der Waals surface area contributed by atoms with Crippen LogP contribution >= 0.6 is 0 Å². The maximum absolute atomic E-state index is 13.3. The Morgan fingerprint density at radius 1 is 1.27 bits per heavy atom. The van der Waals surface area contributed by atoms with Gasteiger partial charge in [-0.05, 0) is 26.0 Å². The summed E-state index contributed by atoms with van der Waals surface area (Å²) >= 11 is 0. The molecule has 5 heterocycles. The zero-order chi connectivity index (χ0) is 28.1. The van der Waals surface area contributed by atoms with E-state index in [0.29, 0.717) is 31.1 Å². The Morgan fingerprint density at radius 2 is 2.12 bits per heavy atom. The van der Waals surface area contributed by atoms with Gasteiger partial charge in [0.2, 0.25) is 11.8 Å². The van der Waals surface area contributed by atoms with Gasteiger partial charge in [0.15, 0.2) is 17.4 Å². The lowest BCUT2D eigenvalue weighted by Crippen LogP contribution is -2.47. The van der Waals surface area contributed by atoms with E-state index in [-0.39, 0.29) is 47.8 Å². The molecule has 14 heteroatoms. The average molecular weight is 558 g/mol. The first kappa shape index (κ1) is 26.2. The van der Waals surface area contributed by atoms with E-state index in [9.17, 15) is 18.0 Å². The van der Waals surface area contributed by atoms with Gasteiger partial charge in [0.05, 0.1) is 42.5 Å². The molecule has 0 saturated carbocycles. The van der Waals surface area contributed by atoms with Crippen LogP contribution in [-0.4, -0.2) is 76.2 Å². The largest absolute Gasteiger partial charge is 0.474 e. The highest BCUT2D eigenvalue weighted by atomic mass is 19.4. The molecule has 2 N–H and O–H groups in total. The van der Waals surface area contributed by atoms with E-state index in [0.717, 1.165) is 12.1 Å². The number of rotatable bonds is 6. The van der Waals surface area contributed by atoms with E-state index in [1.54, 1.807) is 6.07 Å². The van der Waals surface area contributed by atoms with Gasteiger partial charge in [0, 0.05) is 18.5 Å². The molecule has 210 valence electrons. The number of aromatic nitrogens is 2. The number of nitrogens with zero attached hydrogens (tertiary/aromatic N) is 5. The number of alkyl halides is 3. The maximum Gasteiger partial charge on any atom is 0.416 e. The van der Waals surface area contributed by atoms with Crippen LogP contribution in [0.3, 0.4) is 0 Å². The van der Waals surface area contributed by atoms with Crippen molar-refractivity contribution in [2.24, 2.45) is 9.98 Å². The maximum atomic E-state index is 13.3. The van der Waals surface area contributed by atoms with Crippen LogP contribution < -0.4 is 15.4 Å². The minimum Gasteiger partial charge on any atom is -0.474 e. The molecule has 0 spiro atoms. The van der Waals surface area contributed by atoms with Crippen molar-refractivity contribution in [3.05, 3.63) is 59.7 Å². The van der Waals surface area contributed by atoms with Crippen molar-refractivity contribution in [1.82, 2.24) is 20.2 Å². The zero-order valence-corrected chi connectivity index (χ0v) is 21.6. The van der Waals surface area contributed by atoms with Crippen LogP contribution in [0.2, 0.25) is 0 Å². The zero-order valence-electron chi connectivity index (χ0n) is 21.6. The van der Waals surface area contributed by atoms with Crippen LogP contribution in [0.25, 0.3) is 0 Å². The van der Waals surface area contributed by atoms with E-state index in [2.05, 4.69) is 30.6 Å². The van der Waals surface area contributed by atoms with Gasteiger partial charge in [-0.15, -0.1) is 0 Å². The minimum absolute atomic E-state index is 0.171. The van der Waals surface area contributed by atoms with Crippen LogP contribution in [0.4, 0.5) is 19.0 Å². The first-order valence-electron chi connectivity index (χ1n) is 12.7. The number of fused-ring (bicyclic) bond motifs is 4. The van der Waals surface area contributed by atoms with Crippen molar-refractivity contribution in [2.75, 3.05) is 25.1 Å². The molecule has 2 fully saturated rings. The summed E-state index contributed by atoms with van der Waals surface area (Å²) in [5, 5.41) is 5.84. The molecule has 40 heavy (non-hydrogen) atoms. The summed E-state index contributed by atoms with van der Waals surface area (Å²) in [6.07, 6.45) is 0.134. The molecule has 2 bridgehead atoms. The van der Waals surface area contributed by atoms with Crippen LogP contribution in [0, 0.1) is 0 Å². The van der Waals surface area contributed by atoms with Crippen molar-refractivity contribution in [3.63, 3.8) is 0 Å².